The van der Waals surface area contributed by atoms with Crippen LogP contribution in [-0.4, -0.2) is 55.7 Å². The first-order chi connectivity index (χ1) is 19.6. The van der Waals surface area contributed by atoms with Gasteiger partial charge in [-0.1, -0.05) is 18.2 Å². The number of nitrogens with two attached hydrogens (primary N) is 1. The number of aryl methyl sites for hydroxylation is 1. The average Bonchev–Trinajstić information content (AvgIpc) is 3.38. The highest BCUT2D eigenvalue weighted by Gasteiger charge is 2.22. The molecule has 0 saturated heterocycles. The maximum absolute atomic E-state index is 13.3. The number of carboxylic acid groups (broad SMARTS) is 1. The fourth-order valence-corrected chi connectivity index (χ4v) is 4.30. The van der Waals surface area contributed by atoms with Crippen LogP contribution in [0, 0.1) is 6.92 Å². The molecule has 4 aromatic rings. The number of aromatic carboxylic acids is 1. The average molecular weight is 558 g/mol. The topological polar surface area (TPSA) is 207 Å². The Hall–Kier alpha value is -5.79. The second-order valence-electron chi connectivity index (χ2n) is 9.16. The first-order valence-electron chi connectivity index (χ1n) is 12.2. The monoisotopic (exact) mass is 557 g/mol. The number of carboxylic acids is 1. The molecule has 1 aliphatic heterocycles. The first-order valence-corrected chi connectivity index (χ1v) is 12.2. The Bertz CT molecular complexity index is 1760. The zero-order chi connectivity index (χ0) is 29.3. The third-order valence-corrected chi connectivity index (χ3v) is 6.30. The molecule has 2 aromatic heterocycles. The number of aromatic nitrogens is 3. The van der Waals surface area contributed by atoms with Crippen molar-refractivity contribution >= 4 is 40.9 Å². The van der Waals surface area contributed by atoms with E-state index in [9.17, 15) is 29.1 Å². The molecule has 0 bridgehead atoms. The molecule has 0 aliphatic carbocycles. The maximum atomic E-state index is 13.3. The van der Waals surface area contributed by atoms with Gasteiger partial charge in [-0.25, -0.2) is 14.8 Å². The minimum Gasteiger partial charge on any atom is -0.482 e. The highest BCUT2D eigenvalue weighted by Crippen LogP contribution is 2.28. The molecule has 41 heavy (non-hydrogen) atoms. The van der Waals surface area contributed by atoms with E-state index in [4.69, 9.17) is 10.5 Å². The highest BCUT2D eigenvalue weighted by molar-refractivity contribution is 6.01. The Morgan fingerprint density at radius 3 is 2.46 bits per heavy atom. The molecule has 14 nitrogen and oxygen atoms in total. The summed E-state index contributed by atoms with van der Waals surface area (Å²) in [4.78, 5) is 69.3. The molecule has 4 amide bonds. The van der Waals surface area contributed by atoms with Crippen LogP contribution in [-0.2, 0) is 17.9 Å². The van der Waals surface area contributed by atoms with Crippen molar-refractivity contribution in [1.82, 2.24) is 25.0 Å². The number of nitrogens with one attached hydrogen (secondary N) is 3. The lowest BCUT2D eigenvalue weighted by molar-refractivity contribution is -0.118. The number of carbonyl (C=O) groups excluding carboxylic acids is 4. The first kappa shape index (κ1) is 26.8. The molecule has 0 atom stereocenters. The zero-order valence-corrected chi connectivity index (χ0v) is 21.6. The van der Waals surface area contributed by atoms with Crippen LogP contribution in [0.15, 0.2) is 48.8 Å². The van der Waals surface area contributed by atoms with Crippen LogP contribution < -0.4 is 26.4 Å². The number of anilines is 1. The minimum absolute atomic E-state index is 0.0311. The minimum atomic E-state index is -1.06. The number of nitrogens with zero attached hydrogens (tertiary/aromatic N) is 3. The summed E-state index contributed by atoms with van der Waals surface area (Å²) in [7, 11) is 0. The van der Waals surface area contributed by atoms with E-state index in [0.29, 0.717) is 28.1 Å². The Kier molecular flexibility index (Phi) is 7.04. The molecule has 1 aliphatic rings. The van der Waals surface area contributed by atoms with E-state index in [1.165, 1.54) is 22.9 Å². The van der Waals surface area contributed by atoms with Crippen molar-refractivity contribution in [2.45, 2.75) is 20.0 Å². The van der Waals surface area contributed by atoms with Gasteiger partial charge in [0.15, 0.2) is 17.9 Å². The molecule has 14 heteroatoms. The number of benzene rings is 2. The third kappa shape index (κ3) is 5.52. The van der Waals surface area contributed by atoms with E-state index in [1.54, 1.807) is 37.3 Å². The van der Waals surface area contributed by atoms with Crippen molar-refractivity contribution in [3.8, 4) is 5.75 Å². The number of primary amides is 1. The zero-order valence-electron chi connectivity index (χ0n) is 21.6. The highest BCUT2D eigenvalue weighted by atomic mass is 16.5. The maximum Gasteiger partial charge on any atom is 0.335 e. The molecule has 0 radical (unpaired) electrons. The predicted octanol–water partition coefficient (Wildman–Crippen LogP) is 1.03. The van der Waals surface area contributed by atoms with Gasteiger partial charge >= 0.3 is 5.97 Å². The van der Waals surface area contributed by atoms with Crippen LogP contribution >= 0.6 is 0 Å². The number of hydrogen-bond donors (Lipinski definition) is 5. The molecule has 2 aromatic carbocycles. The van der Waals surface area contributed by atoms with Gasteiger partial charge < -0.3 is 31.5 Å². The standard InChI is InChI=1S/C27H23N7O7/c1-13-6-14(2-4-16(13)27(39)40)9-29-25(37)18-8-19(34-12-31-22(23(28)36)24(34)33-18)26(38)30-10-15-3-5-20-17(7-15)32-21(35)11-41-20/h2-8,12H,9-11H2,1H3,(H2,28,36)(H,29,37)(H,30,38)(H,32,35)(H,39,40). The van der Waals surface area contributed by atoms with Crippen LogP contribution in [0.4, 0.5) is 5.69 Å². The van der Waals surface area contributed by atoms with E-state index < -0.39 is 23.7 Å². The number of hydrogen-bond acceptors (Lipinski definition) is 8. The van der Waals surface area contributed by atoms with Gasteiger partial charge in [0.1, 0.15) is 23.5 Å². The van der Waals surface area contributed by atoms with Gasteiger partial charge in [0.05, 0.1) is 11.3 Å². The number of ether oxygens (including phenoxy) is 1. The molecule has 5 rings (SSSR count). The Morgan fingerprint density at radius 2 is 1.76 bits per heavy atom. The van der Waals surface area contributed by atoms with E-state index in [2.05, 4.69) is 25.9 Å². The van der Waals surface area contributed by atoms with Crippen molar-refractivity contribution in [1.29, 1.82) is 0 Å². The van der Waals surface area contributed by atoms with Crippen LogP contribution in [0.5, 0.6) is 5.75 Å². The van der Waals surface area contributed by atoms with Gasteiger partial charge in [0.2, 0.25) is 0 Å². The number of amides is 4. The van der Waals surface area contributed by atoms with E-state index in [0.717, 1.165) is 0 Å². The summed E-state index contributed by atoms with van der Waals surface area (Å²) in [6.45, 7) is 1.69. The Morgan fingerprint density at radius 1 is 1.05 bits per heavy atom. The smallest absolute Gasteiger partial charge is 0.335 e. The predicted molar refractivity (Wildman–Crippen MR) is 143 cm³/mol. The van der Waals surface area contributed by atoms with Crippen molar-refractivity contribution in [2.24, 2.45) is 5.73 Å². The molecular formula is C27H23N7O7. The van der Waals surface area contributed by atoms with Crippen LogP contribution in [0.2, 0.25) is 0 Å². The van der Waals surface area contributed by atoms with Crippen LogP contribution in [0.1, 0.15) is 58.5 Å². The molecule has 6 N–H and O–H groups in total. The molecule has 3 heterocycles. The second kappa shape index (κ2) is 10.8. The summed E-state index contributed by atoms with van der Waals surface area (Å²) in [5.74, 6) is -2.98. The summed E-state index contributed by atoms with van der Waals surface area (Å²) >= 11 is 0. The fraction of sp³-hybridized carbons (Fsp3) is 0.148. The lowest BCUT2D eigenvalue weighted by Gasteiger charge is -2.18. The van der Waals surface area contributed by atoms with Crippen molar-refractivity contribution in [2.75, 3.05) is 11.9 Å². The summed E-state index contributed by atoms with van der Waals surface area (Å²) in [6.07, 6.45) is 1.21. The molecule has 0 unspecified atom stereocenters. The third-order valence-electron chi connectivity index (χ3n) is 6.30. The van der Waals surface area contributed by atoms with E-state index in [1.807, 2.05) is 0 Å². The van der Waals surface area contributed by atoms with Gasteiger partial charge in [-0.05, 0) is 47.9 Å². The summed E-state index contributed by atoms with van der Waals surface area (Å²) in [5.41, 5.74) is 7.39. The van der Waals surface area contributed by atoms with Gasteiger partial charge in [-0.3, -0.25) is 23.6 Å². The number of imidazole rings is 1. The van der Waals surface area contributed by atoms with E-state index >= 15 is 0 Å². The van der Waals surface area contributed by atoms with Crippen LogP contribution in [0.25, 0.3) is 5.65 Å². The molecule has 208 valence electrons. The summed E-state index contributed by atoms with van der Waals surface area (Å²) < 4.78 is 6.59. The van der Waals surface area contributed by atoms with Gasteiger partial charge in [0, 0.05) is 13.1 Å². The lowest BCUT2D eigenvalue weighted by Crippen LogP contribution is -2.29. The van der Waals surface area contributed by atoms with E-state index in [-0.39, 0.29) is 53.9 Å². The van der Waals surface area contributed by atoms with Gasteiger partial charge in [-0.15, -0.1) is 0 Å². The summed E-state index contributed by atoms with van der Waals surface area (Å²) in [6, 6.07) is 11.0. The molecular weight excluding hydrogens is 534 g/mol. The Balaban J connectivity index is 1.38. The van der Waals surface area contributed by atoms with Crippen molar-refractivity contribution in [3.05, 3.63) is 88.1 Å². The van der Waals surface area contributed by atoms with Crippen molar-refractivity contribution < 1.29 is 33.8 Å². The van der Waals surface area contributed by atoms with Gasteiger partial charge in [0.25, 0.3) is 23.6 Å². The second-order valence-corrected chi connectivity index (χ2v) is 9.16. The quantitative estimate of drug-likeness (QED) is 0.209. The number of rotatable bonds is 8. The molecule has 0 spiro atoms. The van der Waals surface area contributed by atoms with Crippen LogP contribution in [0.3, 0.4) is 0 Å². The fourth-order valence-electron chi connectivity index (χ4n) is 4.30. The largest absolute Gasteiger partial charge is 0.482 e. The van der Waals surface area contributed by atoms with Crippen molar-refractivity contribution in [3.63, 3.8) is 0 Å². The summed E-state index contributed by atoms with van der Waals surface area (Å²) in [5, 5.41) is 17.3. The number of carbonyl (C=O) groups is 5. The molecule has 0 saturated carbocycles. The lowest BCUT2D eigenvalue weighted by atomic mass is 10.1. The van der Waals surface area contributed by atoms with Gasteiger partial charge in [-0.2, -0.15) is 0 Å². The SMILES string of the molecule is Cc1cc(CNC(=O)c2cc(C(=O)NCc3ccc4c(c3)NC(=O)CO4)n3cnc(C(N)=O)c3n2)ccc1C(=O)O. The number of fused-ring (bicyclic) bond motifs is 2. The molecule has 0 fully saturated rings. The normalized spacial score (nSPS) is 12.2. The Labute approximate surface area is 231 Å².